The minimum Gasteiger partial charge on any atom is -0.481 e. The molecular weight excluding hydrogens is 308 g/mol. The van der Waals surface area contributed by atoms with Crippen molar-refractivity contribution in [1.82, 2.24) is 15.2 Å². The van der Waals surface area contributed by atoms with Gasteiger partial charge in [0, 0.05) is 18.0 Å². The molecule has 0 aromatic carbocycles. The fourth-order valence-corrected chi connectivity index (χ4v) is 2.54. The predicted octanol–water partition coefficient (Wildman–Crippen LogP) is 2.79. The van der Waals surface area contributed by atoms with Gasteiger partial charge in [0.1, 0.15) is 5.82 Å². The van der Waals surface area contributed by atoms with Crippen LogP contribution in [-0.2, 0) is 4.79 Å². The normalized spacial score (nSPS) is 20.0. The molecular formula is C17H24N4O3. The number of rotatable bonds is 3. The Hall–Kier alpha value is -2.41. The molecule has 0 atom stereocenters. The van der Waals surface area contributed by atoms with Crippen LogP contribution in [0, 0.1) is 19.8 Å². The van der Waals surface area contributed by atoms with Gasteiger partial charge in [-0.25, -0.2) is 4.98 Å². The second kappa shape index (κ2) is 8.44. The van der Waals surface area contributed by atoms with Gasteiger partial charge in [-0.1, -0.05) is 0 Å². The lowest BCUT2D eigenvalue weighted by Crippen LogP contribution is -2.23. The van der Waals surface area contributed by atoms with Gasteiger partial charge >= 0.3 is 5.97 Å². The van der Waals surface area contributed by atoms with Gasteiger partial charge in [-0.2, -0.15) is 5.10 Å². The summed E-state index contributed by atoms with van der Waals surface area (Å²) in [6.07, 6.45) is 4.09. The topological polar surface area (TPSA) is 111 Å². The Morgan fingerprint density at radius 1 is 1.21 bits per heavy atom. The van der Waals surface area contributed by atoms with Crippen LogP contribution in [0.3, 0.4) is 0 Å². The van der Waals surface area contributed by atoms with Crippen molar-refractivity contribution in [3.05, 3.63) is 35.7 Å². The van der Waals surface area contributed by atoms with Gasteiger partial charge in [0.15, 0.2) is 5.82 Å². The Kier molecular flexibility index (Phi) is 6.31. The molecule has 130 valence electrons. The first-order valence-electron chi connectivity index (χ1n) is 8.06. The minimum atomic E-state index is -0.716. The van der Waals surface area contributed by atoms with Gasteiger partial charge < -0.3 is 15.5 Å². The van der Waals surface area contributed by atoms with Crippen LogP contribution in [0.5, 0.6) is 0 Å². The number of aliphatic hydroxyl groups excluding tert-OH is 1. The van der Waals surface area contributed by atoms with Crippen molar-refractivity contribution < 1.29 is 15.0 Å². The number of pyridine rings is 1. The molecule has 1 saturated carbocycles. The summed E-state index contributed by atoms with van der Waals surface area (Å²) in [4.78, 5) is 14.6. The van der Waals surface area contributed by atoms with Gasteiger partial charge in [0.05, 0.1) is 12.0 Å². The summed E-state index contributed by atoms with van der Waals surface area (Å²) >= 11 is 0. The molecule has 0 radical (unpaired) electrons. The second-order valence-corrected chi connectivity index (χ2v) is 6.12. The van der Waals surface area contributed by atoms with Crippen LogP contribution in [0.15, 0.2) is 24.4 Å². The summed E-state index contributed by atoms with van der Waals surface area (Å²) in [6, 6.07) is 5.87. The lowest BCUT2D eigenvalue weighted by molar-refractivity contribution is -0.143. The zero-order valence-corrected chi connectivity index (χ0v) is 14.0. The Labute approximate surface area is 141 Å². The minimum absolute atomic E-state index is 0.205. The monoisotopic (exact) mass is 332 g/mol. The summed E-state index contributed by atoms with van der Waals surface area (Å²) in [7, 11) is 0. The average Bonchev–Trinajstić information content (AvgIpc) is 2.93. The van der Waals surface area contributed by atoms with Crippen molar-refractivity contribution in [2.24, 2.45) is 5.92 Å². The van der Waals surface area contributed by atoms with Crippen molar-refractivity contribution in [2.45, 2.75) is 45.6 Å². The van der Waals surface area contributed by atoms with Crippen molar-refractivity contribution in [3.8, 4) is 0 Å². The second-order valence-electron chi connectivity index (χ2n) is 6.12. The number of nitrogens with one attached hydrogen (secondary N) is 2. The van der Waals surface area contributed by atoms with Crippen LogP contribution in [0.2, 0.25) is 0 Å². The molecule has 7 heteroatoms. The molecule has 0 unspecified atom stereocenters. The number of nitrogens with zero attached hydrogens (tertiary/aromatic N) is 2. The van der Waals surface area contributed by atoms with E-state index in [1.165, 1.54) is 5.56 Å². The van der Waals surface area contributed by atoms with E-state index in [1.54, 1.807) is 6.20 Å². The number of aliphatic carboxylic acids is 1. The maximum Gasteiger partial charge on any atom is 0.306 e. The van der Waals surface area contributed by atoms with Gasteiger partial charge in [-0.3, -0.25) is 9.89 Å². The molecule has 1 fully saturated rings. The zero-order valence-electron chi connectivity index (χ0n) is 14.0. The molecule has 1 aliphatic carbocycles. The molecule has 2 aromatic heterocycles. The first-order chi connectivity index (χ1) is 11.4. The van der Waals surface area contributed by atoms with Crippen LogP contribution < -0.4 is 5.32 Å². The Morgan fingerprint density at radius 2 is 1.92 bits per heavy atom. The number of aromatic amines is 1. The van der Waals surface area contributed by atoms with E-state index in [0.29, 0.717) is 25.7 Å². The molecule has 0 saturated heterocycles. The largest absolute Gasteiger partial charge is 0.481 e. The molecule has 0 aliphatic heterocycles. The van der Waals surface area contributed by atoms with E-state index in [1.807, 2.05) is 32.0 Å². The molecule has 0 spiro atoms. The van der Waals surface area contributed by atoms with Crippen molar-refractivity contribution >= 4 is 17.6 Å². The molecule has 2 aromatic rings. The third kappa shape index (κ3) is 5.66. The summed E-state index contributed by atoms with van der Waals surface area (Å²) in [6.45, 7) is 3.99. The Bertz CT molecular complexity index is 663. The Morgan fingerprint density at radius 3 is 2.46 bits per heavy atom. The van der Waals surface area contributed by atoms with E-state index in [-0.39, 0.29) is 12.0 Å². The summed E-state index contributed by atoms with van der Waals surface area (Å²) in [5, 5.41) is 27.6. The quantitative estimate of drug-likeness (QED) is 0.688. The van der Waals surface area contributed by atoms with Crippen molar-refractivity contribution in [1.29, 1.82) is 0 Å². The Balaban J connectivity index is 0.000000185. The van der Waals surface area contributed by atoms with Crippen molar-refractivity contribution in [3.63, 3.8) is 0 Å². The van der Waals surface area contributed by atoms with E-state index in [4.69, 9.17) is 10.2 Å². The zero-order chi connectivity index (χ0) is 17.5. The molecule has 7 nitrogen and oxygen atoms in total. The SMILES string of the molecule is Cc1ccnc(Nc2cc(C)[nH]n2)c1.O=C(O)C1CCC(O)CC1. The number of anilines is 2. The van der Waals surface area contributed by atoms with Crippen LogP contribution in [-0.4, -0.2) is 37.5 Å². The standard InChI is InChI=1S/C10H12N4.C7H12O3/c1-7-3-4-11-9(5-7)12-10-6-8(2)13-14-10;8-6-3-1-5(2-4-6)7(9)10/h3-6H,1-2H3,(H2,11,12,13,14);5-6,8H,1-4H2,(H,9,10). The fourth-order valence-electron chi connectivity index (χ4n) is 2.54. The van der Waals surface area contributed by atoms with Gasteiger partial charge in [-0.15, -0.1) is 0 Å². The average molecular weight is 332 g/mol. The highest BCUT2D eigenvalue weighted by atomic mass is 16.4. The molecule has 3 rings (SSSR count). The summed E-state index contributed by atoms with van der Waals surface area (Å²) in [5.41, 5.74) is 2.20. The predicted molar refractivity (Wildman–Crippen MR) is 91.2 cm³/mol. The van der Waals surface area contributed by atoms with E-state index in [9.17, 15) is 4.79 Å². The fraction of sp³-hybridized carbons (Fsp3) is 0.471. The lowest BCUT2D eigenvalue weighted by atomic mass is 9.88. The molecule has 4 N–H and O–H groups in total. The number of carboxylic acids is 1. The van der Waals surface area contributed by atoms with Gasteiger partial charge in [-0.05, 0) is 57.2 Å². The van der Waals surface area contributed by atoms with Crippen LogP contribution in [0.4, 0.5) is 11.6 Å². The smallest absolute Gasteiger partial charge is 0.306 e. The first-order valence-corrected chi connectivity index (χ1v) is 8.06. The number of aryl methyl sites for hydroxylation is 2. The number of aromatic nitrogens is 3. The van der Waals surface area contributed by atoms with Gasteiger partial charge in [0.25, 0.3) is 0 Å². The van der Waals surface area contributed by atoms with Crippen LogP contribution >= 0.6 is 0 Å². The molecule has 24 heavy (non-hydrogen) atoms. The van der Waals surface area contributed by atoms with E-state index < -0.39 is 5.97 Å². The maximum absolute atomic E-state index is 10.4. The molecule has 0 bridgehead atoms. The molecule has 0 amide bonds. The number of hydrogen-bond donors (Lipinski definition) is 4. The van der Waals surface area contributed by atoms with Crippen LogP contribution in [0.25, 0.3) is 0 Å². The number of carbonyl (C=O) groups is 1. The number of carboxylic acid groups (broad SMARTS) is 1. The molecule has 1 aliphatic rings. The highest BCUT2D eigenvalue weighted by Gasteiger charge is 2.24. The number of aliphatic hydroxyl groups is 1. The lowest BCUT2D eigenvalue weighted by Gasteiger charge is -2.21. The highest BCUT2D eigenvalue weighted by molar-refractivity contribution is 5.70. The summed E-state index contributed by atoms with van der Waals surface area (Å²) in [5.74, 6) is 0.687. The van der Waals surface area contributed by atoms with E-state index in [2.05, 4.69) is 20.5 Å². The highest BCUT2D eigenvalue weighted by Crippen LogP contribution is 2.23. The van der Waals surface area contributed by atoms with E-state index in [0.717, 1.165) is 17.3 Å². The maximum atomic E-state index is 10.4. The molecule has 2 heterocycles. The van der Waals surface area contributed by atoms with E-state index >= 15 is 0 Å². The summed E-state index contributed by atoms with van der Waals surface area (Å²) < 4.78 is 0. The number of hydrogen-bond acceptors (Lipinski definition) is 5. The first kappa shape index (κ1) is 17.9. The van der Waals surface area contributed by atoms with Gasteiger partial charge in [0.2, 0.25) is 0 Å². The van der Waals surface area contributed by atoms with Crippen LogP contribution in [0.1, 0.15) is 36.9 Å². The number of H-pyrrole nitrogens is 1. The third-order valence-corrected chi connectivity index (χ3v) is 3.92. The van der Waals surface area contributed by atoms with Crippen molar-refractivity contribution in [2.75, 3.05) is 5.32 Å². The third-order valence-electron chi connectivity index (χ3n) is 3.92.